The summed E-state index contributed by atoms with van der Waals surface area (Å²) in [7, 11) is 1.87. The van der Waals surface area contributed by atoms with E-state index >= 15 is 0 Å². The van der Waals surface area contributed by atoms with Crippen molar-refractivity contribution in [2.24, 2.45) is 10.9 Å². The molecule has 0 amide bonds. The quantitative estimate of drug-likeness (QED) is 0.334. The molecule has 0 atom stereocenters. The molecule has 2 rings (SSSR count). The molecule has 0 spiro atoms. The number of nitrogens with zero attached hydrogens (tertiary/aromatic N) is 2. The summed E-state index contributed by atoms with van der Waals surface area (Å²) in [6.45, 7) is 0.943. The van der Waals surface area contributed by atoms with Crippen LogP contribution in [-0.4, -0.2) is 40.2 Å². The Morgan fingerprint density at radius 2 is 2.10 bits per heavy atom. The summed E-state index contributed by atoms with van der Waals surface area (Å²) in [6, 6.07) is 4.49. The van der Waals surface area contributed by atoms with E-state index in [4.69, 9.17) is 10.9 Å². The minimum Gasteiger partial charge on any atom is -0.409 e. The summed E-state index contributed by atoms with van der Waals surface area (Å²) >= 11 is 0. The van der Waals surface area contributed by atoms with Gasteiger partial charge in [-0.05, 0) is 26.0 Å². The lowest BCUT2D eigenvalue weighted by Crippen LogP contribution is -2.38. The third-order valence-electron chi connectivity index (χ3n) is 4.00. The first-order valence-electron chi connectivity index (χ1n) is 7.11. The van der Waals surface area contributed by atoms with E-state index in [9.17, 15) is 9.50 Å². The zero-order valence-corrected chi connectivity index (χ0v) is 12.2. The molecule has 21 heavy (non-hydrogen) atoms. The number of aliphatic hydroxyl groups is 1. The maximum absolute atomic E-state index is 14.0. The molecule has 1 aliphatic carbocycles. The molecule has 0 saturated heterocycles. The second kappa shape index (κ2) is 6.41. The van der Waals surface area contributed by atoms with E-state index in [1.54, 1.807) is 12.1 Å². The summed E-state index contributed by atoms with van der Waals surface area (Å²) in [6.07, 6.45) is 3.71. The average Bonchev–Trinajstić information content (AvgIpc) is 2.86. The third kappa shape index (κ3) is 3.92. The van der Waals surface area contributed by atoms with E-state index in [2.05, 4.69) is 5.16 Å². The largest absolute Gasteiger partial charge is 0.409 e. The van der Waals surface area contributed by atoms with Crippen molar-refractivity contribution in [3.05, 3.63) is 35.1 Å². The van der Waals surface area contributed by atoms with Crippen LogP contribution in [-0.2, 0) is 6.54 Å². The first-order valence-corrected chi connectivity index (χ1v) is 7.11. The molecule has 116 valence electrons. The fourth-order valence-electron chi connectivity index (χ4n) is 2.93. The number of benzene rings is 1. The van der Waals surface area contributed by atoms with Crippen LogP contribution < -0.4 is 5.73 Å². The van der Waals surface area contributed by atoms with Gasteiger partial charge in [-0.3, -0.25) is 4.90 Å². The van der Waals surface area contributed by atoms with Gasteiger partial charge in [-0.25, -0.2) is 4.39 Å². The normalized spacial score (nSPS) is 18.4. The monoisotopic (exact) mass is 295 g/mol. The van der Waals surface area contributed by atoms with E-state index < -0.39 is 11.4 Å². The molecule has 4 N–H and O–H groups in total. The van der Waals surface area contributed by atoms with Gasteiger partial charge >= 0.3 is 0 Å². The van der Waals surface area contributed by atoms with Crippen LogP contribution in [0.3, 0.4) is 0 Å². The van der Waals surface area contributed by atoms with Gasteiger partial charge in [0.15, 0.2) is 5.84 Å². The molecular weight excluding hydrogens is 273 g/mol. The van der Waals surface area contributed by atoms with E-state index in [1.807, 2.05) is 11.9 Å². The number of hydrogen-bond donors (Lipinski definition) is 3. The second-order valence-electron chi connectivity index (χ2n) is 5.90. The molecule has 0 aliphatic heterocycles. The van der Waals surface area contributed by atoms with Crippen LogP contribution in [0.25, 0.3) is 0 Å². The predicted octanol–water partition coefficient (Wildman–Crippen LogP) is 1.66. The van der Waals surface area contributed by atoms with Crippen LogP contribution >= 0.6 is 0 Å². The van der Waals surface area contributed by atoms with Gasteiger partial charge in [0, 0.05) is 24.2 Å². The Labute approximate surface area is 123 Å². The number of likely N-dealkylation sites (N-methyl/N-ethyl adjacent to an activating group) is 1. The highest BCUT2D eigenvalue weighted by molar-refractivity contribution is 5.97. The molecule has 6 heteroatoms. The fourth-order valence-corrected chi connectivity index (χ4v) is 2.93. The van der Waals surface area contributed by atoms with E-state index in [0.29, 0.717) is 24.2 Å². The number of amidine groups is 1. The van der Waals surface area contributed by atoms with E-state index in [0.717, 1.165) is 25.7 Å². The van der Waals surface area contributed by atoms with Gasteiger partial charge in [0.25, 0.3) is 0 Å². The van der Waals surface area contributed by atoms with Crippen LogP contribution in [0.15, 0.2) is 23.4 Å². The minimum atomic E-state index is -0.640. The van der Waals surface area contributed by atoms with E-state index in [-0.39, 0.29) is 5.84 Å². The molecule has 1 aromatic carbocycles. The van der Waals surface area contributed by atoms with Gasteiger partial charge in [0.2, 0.25) is 0 Å². The van der Waals surface area contributed by atoms with Crippen LogP contribution in [0.5, 0.6) is 0 Å². The number of halogens is 1. The first kappa shape index (κ1) is 15.7. The van der Waals surface area contributed by atoms with Crippen LogP contribution in [0.4, 0.5) is 4.39 Å². The molecule has 5 nitrogen and oxygen atoms in total. The van der Waals surface area contributed by atoms with Crippen molar-refractivity contribution in [2.75, 3.05) is 13.6 Å². The van der Waals surface area contributed by atoms with Gasteiger partial charge in [0.1, 0.15) is 5.82 Å². The van der Waals surface area contributed by atoms with Crippen molar-refractivity contribution in [1.82, 2.24) is 4.90 Å². The Hall–Kier alpha value is -1.66. The zero-order chi connectivity index (χ0) is 15.5. The lowest BCUT2D eigenvalue weighted by molar-refractivity contribution is 0.0143. The molecular formula is C15H22FN3O2. The maximum atomic E-state index is 14.0. The van der Waals surface area contributed by atoms with Gasteiger partial charge in [-0.1, -0.05) is 30.1 Å². The SMILES string of the molecule is CN(Cc1ccc(/C(N)=N/O)cc1F)CC1(O)CCCC1. The highest BCUT2D eigenvalue weighted by Crippen LogP contribution is 2.30. The standard InChI is InChI=1S/C15H22FN3O2/c1-19(10-15(20)6-2-3-7-15)9-12-5-4-11(8-13(12)16)14(17)18-21/h4-5,8,20-21H,2-3,6-7,9-10H2,1H3,(H2,17,18). The number of nitrogens with two attached hydrogens (primary N) is 1. The number of hydrogen-bond acceptors (Lipinski definition) is 4. The maximum Gasteiger partial charge on any atom is 0.170 e. The van der Waals surface area contributed by atoms with Gasteiger partial charge in [0.05, 0.1) is 5.60 Å². The van der Waals surface area contributed by atoms with Crippen LogP contribution in [0, 0.1) is 5.82 Å². The molecule has 1 saturated carbocycles. The van der Waals surface area contributed by atoms with Gasteiger partial charge < -0.3 is 16.0 Å². The van der Waals surface area contributed by atoms with Crippen LogP contribution in [0.2, 0.25) is 0 Å². The molecule has 0 unspecified atom stereocenters. The average molecular weight is 295 g/mol. The number of oxime groups is 1. The van der Waals surface area contributed by atoms with Crippen molar-refractivity contribution in [3.8, 4) is 0 Å². The molecule has 0 heterocycles. The summed E-state index contributed by atoms with van der Waals surface area (Å²) in [5.74, 6) is -0.515. The van der Waals surface area contributed by atoms with Crippen LogP contribution in [0.1, 0.15) is 36.8 Å². The minimum absolute atomic E-state index is 0.117. The first-order chi connectivity index (χ1) is 9.93. The number of rotatable bonds is 5. The van der Waals surface area contributed by atoms with E-state index in [1.165, 1.54) is 6.07 Å². The Balaban J connectivity index is 2.02. The van der Waals surface area contributed by atoms with Crippen molar-refractivity contribution >= 4 is 5.84 Å². The molecule has 0 radical (unpaired) electrons. The Bertz CT molecular complexity index is 528. The highest BCUT2D eigenvalue weighted by Gasteiger charge is 2.32. The molecule has 1 aromatic rings. The van der Waals surface area contributed by atoms with Crippen molar-refractivity contribution in [2.45, 2.75) is 37.8 Å². The van der Waals surface area contributed by atoms with Gasteiger partial charge in [-0.2, -0.15) is 0 Å². The highest BCUT2D eigenvalue weighted by atomic mass is 19.1. The second-order valence-corrected chi connectivity index (χ2v) is 5.90. The van der Waals surface area contributed by atoms with Crippen molar-refractivity contribution in [1.29, 1.82) is 0 Å². The fraction of sp³-hybridized carbons (Fsp3) is 0.533. The molecule has 0 bridgehead atoms. The Morgan fingerprint density at radius 1 is 1.43 bits per heavy atom. The lowest BCUT2D eigenvalue weighted by Gasteiger charge is -2.28. The topological polar surface area (TPSA) is 82.1 Å². The Morgan fingerprint density at radius 3 is 2.67 bits per heavy atom. The van der Waals surface area contributed by atoms with Crippen molar-refractivity contribution < 1.29 is 14.7 Å². The third-order valence-corrected chi connectivity index (χ3v) is 4.00. The van der Waals surface area contributed by atoms with Crippen molar-refractivity contribution in [3.63, 3.8) is 0 Å². The Kier molecular flexibility index (Phi) is 4.80. The summed E-state index contributed by atoms with van der Waals surface area (Å²) < 4.78 is 14.0. The lowest BCUT2D eigenvalue weighted by atomic mass is 10.0. The van der Waals surface area contributed by atoms with Gasteiger partial charge in [-0.15, -0.1) is 0 Å². The smallest absolute Gasteiger partial charge is 0.170 e. The molecule has 1 aliphatic rings. The predicted molar refractivity (Wildman–Crippen MR) is 78.7 cm³/mol. The molecule has 1 fully saturated rings. The summed E-state index contributed by atoms with van der Waals surface area (Å²) in [5.41, 5.74) is 5.66. The molecule has 0 aromatic heterocycles. The zero-order valence-electron chi connectivity index (χ0n) is 12.2. The summed E-state index contributed by atoms with van der Waals surface area (Å²) in [5, 5.41) is 21.8. The summed E-state index contributed by atoms with van der Waals surface area (Å²) in [4.78, 5) is 1.92.